The largest absolute Gasteiger partial charge is 0.356 e. The number of fused-ring (bicyclic) bond motifs is 1. The molecule has 0 bridgehead atoms. The Kier molecular flexibility index (Phi) is 2.26. The zero-order valence-electron chi connectivity index (χ0n) is 8.47. The molecule has 0 spiro atoms. The Morgan fingerprint density at radius 3 is 2.73 bits per heavy atom. The van der Waals surface area contributed by atoms with Crippen molar-refractivity contribution >= 4 is 20.8 Å². The molecule has 0 fully saturated rings. The fourth-order valence-corrected chi connectivity index (χ4v) is 2.39. The second kappa shape index (κ2) is 3.34. The zero-order valence-corrected chi connectivity index (χ0v) is 9.28. The van der Waals surface area contributed by atoms with E-state index in [2.05, 4.69) is 5.16 Å². The van der Waals surface area contributed by atoms with Crippen molar-refractivity contribution < 1.29 is 12.9 Å². The van der Waals surface area contributed by atoms with Crippen molar-refractivity contribution in [1.82, 2.24) is 5.16 Å². The molecule has 0 amide bonds. The molecule has 0 atom stereocenters. The minimum Gasteiger partial charge on any atom is -0.356 e. The molecule has 1 aromatic heterocycles. The maximum absolute atomic E-state index is 11.8. The summed E-state index contributed by atoms with van der Waals surface area (Å²) in [5.41, 5.74) is 0.595. The summed E-state index contributed by atoms with van der Waals surface area (Å²) in [7, 11) is -3.22. The second-order valence-corrected chi connectivity index (χ2v) is 6.12. The highest BCUT2D eigenvalue weighted by atomic mass is 32.2. The van der Waals surface area contributed by atoms with Gasteiger partial charge in [-0.05, 0) is 32.0 Å². The Bertz CT molecular complexity index is 583. The second-order valence-electron chi connectivity index (χ2n) is 3.62. The minimum absolute atomic E-state index is 0.313. The summed E-state index contributed by atoms with van der Waals surface area (Å²) < 4.78 is 28.6. The fourth-order valence-electron chi connectivity index (χ4n) is 1.30. The molecular formula is C10H11NO3S. The lowest BCUT2D eigenvalue weighted by Gasteiger charge is -2.06. The number of nitrogens with zero attached hydrogens (tertiary/aromatic N) is 1. The van der Waals surface area contributed by atoms with E-state index < -0.39 is 15.1 Å². The zero-order chi connectivity index (χ0) is 11.1. The molecule has 1 heterocycles. The van der Waals surface area contributed by atoms with E-state index >= 15 is 0 Å². The van der Waals surface area contributed by atoms with E-state index in [9.17, 15) is 8.42 Å². The van der Waals surface area contributed by atoms with E-state index in [0.717, 1.165) is 0 Å². The van der Waals surface area contributed by atoms with Crippen LogP contribution >= 0.6 is 0 Å². The van der Waals surface area contributed by atoms with Gasteiger partial charge in [-0.15, -0.1) is 0 Å². The Hall–Kier alpha value is -1.36. The van der Waals surface area contributed by atoms with Gasteiger partial charge in [-0.3, -0.25) is 0 Å². The van der Waals surface area contributed by atoms with E-state index in [0.29, 0.717) is 15.9 Å². The van der Waals surface area contributed by atoms with Crippen LogP contribution in [0.15, 0.2) is 33.8 Å². The summed E-state index contributed by atoms with van der Waals surface area (Å²) in [4.78, 5) is 0.313. The molecule has 0 N–H and O–H groups in total. The minimum atomic E-state index is -3.22. The van der Waals surface area contributed by atoms with Gasteiger partial charge in [0.25, 0.3) is 0 Å². The van der Waals surface area contributed by atoms with Crippen LogP contribution < -0.4 is 0 Å². The summed E-state index contributed by atoms with van der Waals surface area (Å²) >= 11 is 0. The van der Waals surface area contributed by atoms with Gasteiger partial charge in [0.05, 0.1) is 16.3 Å². The van der Waals surface area contributed by atoms with E-state index in [1.54, 1.807) is 32.0 Å². The molecule has 0 radical (unpaired) electrons. The maximum Gasteiger partial charge on any atom is 0.180 e. The van der Waals surface area contributed by atoms with E-state index in [1.165, 1.54) is 6.20 Å². The maximum atomic E-state index is 11.8. The third kappa shape index (κ3) is 1.63. The number of hydrogen-bond acceptors (Lipinski definition) is 4. The normalized spacial score (nSPS) is 12.5. The van der Waals surface area contributed by atoms with Gasteiger partial charge in [-0.1, -0.05) is 5.16 Å². The summed E-state index contributed by atoms with van der Waals surface area (Å²) in [5, 5.41) is 3.88. The highest BCUT2D eigenvalue weighted by molar-refractivity contribution is 7.92. The van der Waals surface area contributed by atoms with Crippen LogP contribution in [0.3, 0.4) is 0 Å². The smallest absolute Gasteiger partial charge is 0.180 e. The highest BCUT2D eigenvalue weighted by Gasteiger charge is 2.19. The van der Waals surface area contributed by atoms with Gasteiger partial charge < -0.3 is 4.52 Å². The average molecular weight is 225 g/mol. The van der Waals surface area contributed by atoms with Crippen LogP contribution in [-0.2, 0) is 9.84 Å². The molecule has 1 aromatic carbocycles. The van der Waals surface area contributed by atoms with Crippen LogP contribution in [0.25, 0.3) is 11.0 Å². The number of aromatic nitrogens is 1. The molecule has 0 aliphatic carbocycles. The molecule has 0 saturated heterocycles. The number of sulfone groups is 1. The van der Waals surface area contributed by atoms with Gasteiger partial charge >= 0.3 is 0 Å². The highest BCUT2D eigenvalue weighted by Crippen LogP contribution is 2.21. The summed E-state index contributed by atoms with van der Waals surface area (Å²) in [6.07, 6.45) is 1.51. The average Bonchev–Trinajstić information content (AvgIpc) is 2.63. The molecule has 0 saturated carbocycles. The van der Waals surface area contributed by atoms with Gasteiger partial charge in [-0.2, -0.15) is 0 Å². The SMILES string of the molecule is CC(C)S(=O)(=O)c1ccc2oncc2c1. The van der Waals surface area contributed by atoms with Gasteiger partial charge in [-0.25, -0.2) is 8.42 Å². The first-order valence-electron chi connectivity index (χ1n) is 4.60. The lowest BCUT2D eigenvalue weighted by molar-refractivity contribution is 0.456. The molecule has 2 aromatic rings. The van der Waals surface area contributed by atoms with Crippen molar-refractivity contribution in [2.24, 2.45) is 0 Å². The van der Waals surface area contributed by atoms with Crippen molar-refractivity contribution in [2.75, 3.05) is 0 Å². The molecular weight excluding hydrogens is 214 g/mol. The number of rotatable bonds is 2. The van der Waals surface area contributed by atoms with Crippen LogP contribution in [0.2, 0.25) is 0 Å². The Labute approximate surface area is 87.8 Å². The molecule has 0 unspecified atom stereocenters. The van der Waals surface area contributed by atoms with Crippen molar-refractivity contribution in [3.05, 3.63) is 24.4 Å². The van der Waals surface area contributed by atoms with Crippen molar-refractivity contribution in [2.45, 2.75) is 24.0 Å². The van der Waals surface area contributed by atoms with Gasteiger partial charge in [0.15, 0.2) is 15.4 Å². The molecule has 80 valence electrons. The van der Waals surface area contributed by atoms with Crippen LogP contribution in [0.5, 0.6) is 0 Å². The molecule has 15 heavy (non-hydrogen) atoms. The standard InChI is InChI=1S/C10H11NO3S/c1-7(2)15(12,13)9-3-4-10-8(5-9)6-11-14-10/h3-7H,1-2H3. The van der Waals surface area contributed by atoms with Crippen LogP contribution in [0, 0.1) is 0 Å². The number of hydrogen-bond donors (Lipinski definition) is 0. The van der Waals surface area contributed by atoms with E-state index in [-0.39, 0.29) is 0 Å². The van der Waals surface area contributed by atoms with Crippen molar-refractivity contribution in [1.29, 1.82) is 0 Å². The van der Waals surface area contributed by atoms with Crippen LogP contribution in [0.4, 0.5) is 0 Å². The van der Waals surface area contributed by atoms with Crippen molar-refractivity contribution in [3.8, 4) is 0 Å². The Morgan fingerprint density at radius 2 is 2.07 bits per heavy atom. The third-order valence-corrected chi connectivity index (χ3v) is 4.43. The van der Waals surface area contributed by atoms with E-state index in [1.807, 2.05) is 0 Å². The first-order chi connectivity index (χ1) is 7.01. The lowest BCUT2D eigenvalue weighted by Crippen LogP contribution is -2.13. The number of benzene rings is 1. The first-order valence-corrected chi connectivity index (χ1v) is 6.15. The summed E-state index contributed by atoms with van der Waals surface area (Å²) in [6.45, 7) is 3.32. The molecule has 5 heteroatoms. The van der Waals surface area contributed by atoms with E-state index in [4.69, 9.17) is 4.52 Å². The van der Waals surface area contributed by atoms with Crippen LogP contribution in [0.1, 0.15) is 13.8 Å². The third-order valence-electron chi connectivity index (χ3n) is 2.27. The molecule has 0 aliphatic rings. The fraction of sp³-hybridized carbons (Fsp3) is 0.300. The van der Waals surface area contributed by atoms with Crippen molar-refractivity contribution in [3.63, 3.8) is 0 Å². The predicted molar refractivity (Wildman–Crippen MR) is 56.3 cm³/mol. The van der Waals surface area contributed by atoms with Gasteiger partial charge in [0, 0.05) is 5.39 Å². The molecule has 4 nitrogen and oxygen atoms in total. The molecule has 2 rings (SSSR count). The van der Waals surface area contributed by atoms with Gasteiger partial charge in [0.1, 0.15) is 0 Å². The lowest BCUT2D eigenvalue weighted by atomic mass is 10.3. The Balaban J connectivity index is 2.63. The van der Waals surface area contributed by atoms with Crippen LogP contribution in [-0.4, -0.2) is 18.8 Å². The predicted octanol–water partition coefficient (Wildman–Crippen LogP) is 2.01. The topological polar surface area (TPSA) is 60.2 Å². The molecule has 0 aliphatic heterocycles. The van der Waals surface area contributed by atoms with Gasteiger partial charge in [0.2, 0.25) is 0 Å². The Morgan fingerprint density at radius 1 is 1.33 bits per heavy atom. The quantitative estimate of drug-likeness (QED) is 0.784. The summed E-state index contributed by atoms with van der Waals surface area (Å²) in [5.74, 6) is 0. The summed E-state index contributed by atoms with van der Waals surface area (Å²) in [6, 6.07) is 4.75. The first kappa shape index (κ1) is 10.2. The monoisotopic (exact) mass is 225 g/mol.